The van der Waals surface area contributed by atoms with Crippen LogP contribution in [0.15, 0.2) is 12.3 Å². The van der Waals surface area contributed by atoms with Crippen LogP contribution in [0.25, 0.3) is 0 Å². The Morgan fingerprint density at radius 1 is 1.50 bits per heavy atom. The third kappa shape index (κ3) is 4.65. The fourth-order valence-corrected chi connectivity index (χ4v) is 2.47. The van der Waals surface area contributed by atoms with Gasteiger partial charge in [-0.3, -0.25) is 0 Å². The summed E-state index contributed by atoms with van der Waals surface area (Å²) in [5, 5.41) is 19.2. The molecule has 0 radical (unpaired) electrons. The average Bonchev–Trinajstić information content (AvgIpc) is 2.23. The van der Waals surface area contributed by atoms with Crippen LogP contribution in [0.1, 0.15) is 19.4 Å². The fourth-order valence-electron chi connectivity index (χ4n) is 1.40. The Kier molecular flexibility index (Phi) is 4.21. The number of aromatic nitrogens is 2. The number of sulfonamides is 1. The Morgan fingerprint density at radius 2 is 2.17 bits per heavy atom. The molecule has 98 valence electrons. The van der Waals surface area contributed by atoms with Gasteiger partial charge in [0, 0.05) is 12.1 Å². The molecule has 0 unspecified atom stereocenters. The van der Waals surface area contributed by atoms with Crippen molar-refractivity contribution in [2.75, 3.05) is 18.1 Å². The van der Waals surface area contributed by atoms with Crippen molar-refractivity contribution in [1.29, 1.82) is 5.26 Å². The lowest BCUT2D eigenvalue weighted by molar-refractivity contribution is 0.475. The summed E-state index contributed by atoms with van der Waals surface area (Å²) in [4.78, 5) is 0. The molecule has 0 amide bonds. The summed E-state index contributed by atoms with van der Waals surface area (Å²) in [6.45, 7) is 3.74. The zero-order valence-electron chi connectivity index (χ0n) is 10.4. The van der Waals surface area contributed by atoms with Gasteiger partial charge in [0.15, 0.2) is 5.82 Å². The summed E-state index contributed by atoms with van der Waals surface area (Å²) in [6, 6.07) is 3.51. The standard InChI is InChI=1S/C10H15N5O2S/c1-10(2,15-18(3,16)17)7-12-9-8(6-11)4-5-13-14-9/h4-5,15H,7H2,1-3H3,(H,12,14). The van der Waals surface area contributed by atoms with Gasteiger partial charge in [0.25, 0.3) is 0 Å². The summed E-state index contributed by atoms with van der Waals surface area (Å²) in [5.74, 6) is 0.336. The number of nitriles is 1. The number of nitrogens with zero attached hydrogens (tertiary/aromatic N) is 3. The lowest BCUT2D eigenvalue weighted by Gasteiger charge is -2.25. The minimum absolute atomic E-state index is 0.285. The highest BCUT2D eigenvalue weighted by Crippen LogP contribution is 2.11. The summed E-state index contributed by atoms with van der Waals surface area (Å²) in [7, 11) is -3.29. The first kappa shape index (κ1) is 14.3. The monoisotopic (exact) mass is 269 g/mol. The fraction of sp³-hybridized carbons (Fsp3) is 0.500. The van der Waals surface area contributed by atoms with Crippen LogP contribution in [0.4, 0.5) is 5.82 Å². The minimum Gasteiger partial charge on any atom is -0.366 e. The van der Waals surface area contributed by atoms with Crippen LogP contribution < -0.4 is 10.0 Å². The molecule has 18 heavy (non-hydrogen) atoms. The molecule has 0 fully saturated rings. The van der Waals surface area contributed by atoms with Crippen molar-refractivity contribution in [3.05, 3.63) is 17.8 Å². The van der Waals surface area contributed by atoms with Crippen LogP contribution >= 0.6 is 0 Å². The first-order chi connectivity index (χ1) is 8.23. The second-order valence-electron chi connectivity index (χ2n) is 4.52. The van der Waals surface area contributed by atoms with E-state index in [4.69, 9.17) is 5.26 Å². The predicted octanol–water partition coefficient (Wildman–Crippen LogP) is 0.0880. The van der Waals surface area contributed by atoms with E-state index in [1.165, 1.54) is 12.3 Å². The third-order valence-corrected chi connectivity index (χ3v) is 2.92. The molecule has 0 saturated carbocycles. The zero-order valence-corrected chi connectivity index (χ0v) is 11.2. The van der Waals surface area contributed by atoms with Crippen molar-refractivity contribution in [2.45, 2.75) is 19.4 Å². The number of hydrogen-bond acceptors (Lipinski definition) is 6. The SMILES string of the molecule is CC(C)(CNc1nnccc1C#N)NS(C)(=O)=O. The first-order valence-corrected chi connectivity index (χ1v) is 7.07. The van der Waals surface area contributed by atoms with Gasteiger partial charge in [0.05, 0.1) is 18.0 Å². The van der Waals surface area contributed by atoms with E-state index in [0.29, 0.717) is 11.4 Å². The maximum atomic E-state index is 11.2. The highest BCUT2D eigenvalue weighted by atomic mass is 32.2. The Balaban J connectivity index is 2.74. The Morgan fingerprint density at radius 3 is 2.72 bits per heavy atom. The molecule has 0 bridgehead atoms. The van der Waals surface area contributed by atoms with Crippen LogP contribution in [0, 0.1) is 11.3 Å². The van der Waals surface area contributed by atoms with Gasteiger partial charge in [0.1, 0.15) is 6.07 Å². The number of anilines is 1. The Hall–Kier alpha value is -1.72. The van der Waals surface area contributed by atoms with E-state index in [9.17, 15) is 8.42 Å². The molecule has 7 nitrogen and oxygen atoms in total. The number of nitrogens with one attached hydrogen (secondary N) is 2. The maximum Gasteiger partial charge on any atom is 0.209 e. The molecule has 1 aromatic heterocycles. The van der Waals surface area contributed by atoms with Gasteiger partial charge in [-0.25, -0.2) is 13.1 Å². The molecule has 0 atom stereocenters. The first-order valence-electron chi connectivity index (χ1n) is 5.18. The van der Waals surface area contributed by atoms with E-state index in [1.807, 2.05) is 6.07 Å². The Labute approximate surface area is 106 Å². The van der Waals surface area contributed by atoms with Gasteiger partial charge >= 0.3 is 0 Å². The molecule has 8 heteroatoms. The van der Waals surface area contributed by atoms with Gasteiger partial charge in [0.2, 0.25) is 10.0 Å². The lowest BCUT2D eigenvalue weighted by Crippen LogP contribution is -2.47. The maximum absolute atomic E-state index is 11.2. The molecule has 0 saturated heterocycles. The van der Waals surface area contributed by atoms with Gasteiger partial charge in [-0.05, 0) is 19.9 Å². The van der Waals surface area contributed by atoms with Crippen LogP contribution in [-0.4, -0.2) is 37.0 Å². The zero-order chi connectivity index (χ0) is 13.8. The van der Waals surface area contributed by atoms with E-state index in [0.717, 1.165) is 6.26 Å². The van der Waals surface area contributed by atoms with Crippen molar-refractivity contribution >= 4 is 15.8 Å². The topological polar surface area (TPSA) is 108 Å². The van der Waals surface area contributed by atoms with Crippen LogP contribution in [0.2, 0.25) is 0 Å². The van der Waals surface area contributed by atoms with E-state index in [-0.39, 0.29) is 6.54 Å². The molecule has 2 N–H and O–H groups in total. The highest BCUT2D eigenvalue weighted by Gasteiger charge is 2.22. The van der Waals surface area contributed by atoms with Crippen molar-refractivity contribution in [3.63, 3.8) is 0 Å². The van der Waals surface area contributed by atoms with Crippen LogP contribution in [-0.2, 0) is 10.0 Å². The summed E-state index contributed by atoms with van der Waals surface area (Å²) in [5.41, 5.74) is -0.335. The van der Waals surface area contributed by atoms with Crippen molar-refractivity contribution in [2.24, 2.45) is 0 Å². The summed E-state index contributed by atoms with van der Waals surface area (Å²) < 4.78 is 24.8. The molecule has 1 rings (SSSR count). The molecular weight excluding hydrogens is 254 g/mol. The van der Waals surface area contributed by atoms with Crippen LogP contribution in [0.5, 0.6) is 0 Å². The Bertz CT molecular complexity index is 562. The summed E-state index contributed by atoms with van der Waals surface area (Å²) in [6.07, 6.45) is 2.52. The predicted molar refractivity (Wildman–Crippen MR) is 67.3 cm³/mol. The quantitative estimate of drug-likeness (QED) is 0.784. The van der Waals surface area contributed by atoms with Crippen LogP contribution in [0.3, 0.4) is 0 Å². The molecule has 1 aromatic rings. The molecule has 0 aromatic carbocycles. The second kappa shape index (κ2) is 5.29. The van der Waals surface area contributed by atoms with E-state index in [1.54, 1.807) is 13.8 Å². The molecule has 1 heterocycles. The lowest BCUT2D eigenvalue weighted by atomic mass is 10.1. The smallest absolute Gasteiger partial charge is 0.209 e. The molecule has 0 aliphatic carbocycles. The van der Waals surface area contributed by atoms with E-state index >= 15 is 0 Å². The second-order valence-corrected chi connectivity index (χ2v) is 6.27. The van der Waals surface area contributed by atoms with E-state index in [2.05, 4.69) is 20.2 Å². The minimum atomic E-state index is -3.29. The normalized spacial score (nSPS) is 11.9. The van der Waals surface area contributed by atoms with Crippen molar-refractivity contribution in [3.8, 4) is 6.07 Å². The number of rotatable bonds is 5. The largest absolute Gasteiger partial charge is 0.366 e. The number of hydrogen-bond donors (Lipinski definition) is 2. The van der Waals surface area contributed by atoms with Gasteiger partial charge in [-0.15, -0.1) is 5.10 Å². The van der Waals surface area contributed by atoms with Gasteiger partial charge in [-0.1, -0.05) is 0 Å². The van der Waals surface area contributed by atoms with E-state index < -0.39 is 15.6 Å². The molecule has 0 aliphatic heterocycles. The average molecular weight is 269 g/mol. The highest BCUT2D eigenvalue weighted by molar-refractivity contribution is 7.88. The third-order valence-electron chi connectivity index (χ3n) is 2.00. The molecular formula is C10H15N5O2S. The molecule has 0 aliphatic rings. The van der Waals surface area contributed by atoms with Crippen molar-refractivity contribution < 1.29 is 8.42 Å². The van der Waals surface area contributed by atoms with Gasteiger partial charge in [-0.2, -0.15) is 10.4 Å². The van der Waals surface area contributed by atoms with Gasteiger partial charge < -0.3 is 5.32 Å². The summed E-state index contributed by atoms with van der Waals surface area (Å²) >= 11 is 0. The van der Waals surface area contributed by atoms with Crippen molar-refractivity contribution in [1.82, 2.24) is 14.9 Å². The molecule has 0 spiro atoms.